The molecule has 3 N–H and O–H groups in total. The molecule has 0 saturated heterocycles. The average Bonchev–Trinajstić information content (AvgIpc) is 2.25. The molecule has 0 unspecified atom stereocenters. The zero-order chi connectivity index (χ0) is 14.2. The molecule has 0 saturated carbocycles. The van der Waals surface area contributed by atoms with Crippen molar-refractivity contribution in [2.75, 3.05) is 0 Å². The van der Waals surface area contributed by atoms with E-state index in [1.807, 2.05) is 19.1 Å². The van der Waals surface area contributed by atoms with Gasteiger partial charge in [-0.2, -0.15) is 0 Å². The lowest BCUT2D eigenvalue weighted by Gasteiger charge is -2.31. The zero-order valence-electron chi connectivity index (χ0n) is 11.8. The first-order valence-electron chi connectivity index (χ1n) is 6.62. The molecule has 1 aliphatic carbocycles. The molecule has 0 spiro atoms. The van der Waals surface area contributed by atoms with Gasteiger partial charge in [-0.1, -0.05) is 29.8 Å². The molecule has 102 valence electrons. The van der Waals surface area contributed by atoms with E-state index in [9.17, 15) is 0 Å². The molecule has 0 radical (unpaired) electrons. The molecule has 1 aromatic rings. The summed E-state index contributed by atoms with van der Waals surface area (Å²) in [6, 6.07) is 6.10. The summed E-state index contributed by atoms with van der Waals surface area (Å²) in [7, 11) is 0. The Labute approximate surface area is 123 Å². The van der Waals surface area contributed by atoms with E-state index in [-0.39, 0.29) is 5.41 Å². The number of hydrogen-bond acceptors (Lipinski definition) is 2. The highest BCUT2D eigenvalue weighted by molar-refractivity contribution is 9.10. The highest BCUT2D eigenvalue weighted by atomic mass is 79.9. The molecule has 1 aromatic carbocycles. The van der Waals surface area contributed by atoms with E-state index in [0.29, 0.717) is 5.71 Å². The van der Waals surface area contributed by atoms with Gasteiger partial charge in [-0.3, -0.25) is 5.41 Å². The van der Waals surface area contributed by atoms with E-state index in [4.69, 9.17) is 11.1 Å². The predicted molar refractivity (Wildman–Crippen MR) is 84.6 cm³/mol. The standard InChI is InChI=1S/C16H21BrN2/c1-10-6-11(8-12(17)7-10)15(19)13-4-5-16(2,3)9-14(13)18/h6-8,19H,4-5,9,18H2,1-3H3. The number of aryl methyl sites for hydroxylation is 1. The molecule has 0 fully saturated rings. The van der Waals surface area contributed by atoms with Crippen molar-refractivity contribution in [2.45, 2.75) is 40.0 Å². The van der Waals surface area contributed by atoms with Crippen molar-refractivity contribution in [2.24, 2.45) is 11.1 Å². The number of nitrogens with two attached hydrogens (primary N) is 1. The molecule has 0 bridgehead atoms. The number of hydrogen-bond donors (Lipinski definition) is 2. The second-order valence-corrected chi connectivity index (χ2v) is 7.15. The smallest absolute Gasteiger partial charge is 0.0661 e. The normalized spacial score (nSPS) is 18.5. The van der Waals surface area contributed by atoms with Crippen LogP contribution >= 0.6 is 15.9 Å². The zero-order valence-corrected chi connectivity index (χ0v) is 13.4. The maximum absolute atomic E-state index is 8.42. The van der Waals surface area contributed by atoms with Gasteiger partial charge < -0.3 is 5.73 Å². The van der Waals surface area contributed by atoms with Gasteiger partial charge in [0.1, 0.15) is 0 Å². The maximum Gasteiger partial charge on any atom is 0.0661 e. The van der Waals surface area contributed by atoms with E-state index in [1.54, 1.807) is 0 Å². The fourth-order valence-electron chi connectivity index (χ4n) is 2.68. The molecule has 0 heterocycles. The summed E-state index contributed by atoms with van der Waals surface area (Å²) < 4.78 is 1.02. The number of rotatable bonds is 2. The van der Waals surface area contributed by atoms with E-state index in [2.05, 4.69) is 35.8 Å². The Balaban J connectivity index is 2.34. The second-order valence-electron chi connectivity index (χ2n) is 6.24. The van der Waals surface area contributed by atoms with Crippen LogP contribution in [0, 0.1) is 17.7 Å². The van der Waals surface area contributed by atoms with Crippen LogP contribution < -0.4 is 5.73 Å². The minimum atomic E-state index is 0.265. The predicted octanol–water partition coefficient (Wildman–Crippen LogP) is 4.55. The van der Waals surface area contributed by atoms with Gasteiger partial charge in [0.2, 0.25) is 0 Å². The monoisotopic (exact) mass is 320 g/mol. The van der Waals surface area contributed by atoms with Crippen LogP contribution in [0.2, 0.25) is 0 Å². The van der Waals surface area contributed by atoms with Gasteiger partial charge >= 0.3 is 0 Å². The van der Waals surface area contributed by atoms with Crippen LogP contribution in [0.15, 0.2) is 33.9 Å². The maximum atomic E-state index is 8.42. The van der Waals surface area contributed by atoms with E-state index >= 15 is 0 Å². The van der Waals surface area contributed by atoms with Gasteiger partial charge in [0.05, 0.1) is 5.71 Å². The highest BCUT2D eigenvalue weighted by Gasteiger charge is 2.27. The molecule has 0 atom stereocenters. The van der Waals surface area contributed by atoms with Crippen LogP contribution in [0.3, 0.4) is 0 Å². The Morgan fingerprint density at radius 2 is 2.00 bits per heavy atom. The van der Waals surface area contributed by atoms with Crippen molar-refractivity contribution in [1.82, 2.24) is 0 Å². The summed E-state index contributed by atoms with van der Waals surface area (Å²) in [5.41, 5.74) is 11.1. The summed E-state index contributed by atoms with van der Waals surface area (Å²) in [6.07, 6.45) is 2.89. The van der Waals surface area contributed by atoms with Gasteiger partial charge in [0.15, 0.2) is 0 Å². The summed E-state index contributed by atoms with van der Waals surface area (Å²) in [5, 5.41) is 8.42. The number of allylic oxidation sites excluding steroid dienone is 2. The molecule has 19 heavy (non-hydrogen) atoms. The third-order valence-corrected chi connectivity index (χ3v) is 4.20. The number of nitrogens with one attached hydrogen (secondary N) is 1. The van der Waals surface area contributed by atoms with Crippen molar-refractivity contribution in [3.63, 3.8) is 0 Å². The Bertz CT molecular complexity index is 536. The molecule has 2 rings (SSSR count). The Morgan fingerprint density at radius 3 is 2.58 bits per heavy atom. The fourth-order valence-corrected chi connectivity index (χ4v) is 3.28. The summed E-state index contributed by atoms with van der Waals surface area (Å²) in [4.78, 5) is 0. The van der Waals surface area contributed by atoms with Gasteiger partial charge in [-0.15, -0.1) is 0 Å². The summed E-state index contributed by atoms with van der Waals surface area (Å²) in [5.74, 6) is 0. The van der Waals surface area contributed by atoms with Crippen LogP contribution in [-0.2, 0) is 0 Å². The third kappa shape index (κ3) is 3.27. The molecule has 0 amide bonds. The topological polar surface area (TPSA) is 49.9 Å². The minimum absolute atomic E-state index is 0.265. The SMILES string of the molecule is Cc1cc(Br)cc(C(=N)C2=C(N)CC(C)(C)CC2)c1. The van der Waals surface area contributed by atoms with Crippen LogP contribution in [-0.4, -0.2) is 5.71 Å². The third-order valence-electron chi connectivity index (χ3n) is 3.74. The second kappa shape index (κ2) is 5.12. The lowest BCUT2D eigenvalue weighted by molar-refractivity contribution is 0.315. The van der Waals surface area contributed by atoms with Gasteiger partial charge in [-0.05, 0) is 60.9 Å². The van der Waals surface area contributed by atoms with E-state index < -0.39 is 0 Å². The van der Waals surface area contributed by atoms with Crippen LogP contribution in [0.1, 0.15) is 44.2 Å². The quantitative estimate of drug-likeness (QED) is 0.772. The largest absolute Gasteiger partial charge is 0.402 e. The van der Waals surface area contributed by atoms with Crippen LogP contribution in [0.25, 0.3) is 0 Å². The summed E-state index contributed by atoms with van der Waals surface area (Å²) >= 11 is 3.49. The molecule has 0 aliphatic heterocycles. The lowest BCUT2D eigenvalue weighted by Crippen LogP contribution is -2.25. The average molecular weight is 321 g/mol. The van der Waals surface area contributed by atoms with Gasteiger partial charge in [0, 0.05) is 15.7 Å². The van der Waals surface area contributed by atoms with Crippen molar-refractivity contribution >= 4 is 21.6 Å². The Kier molecular flexibility index (Phi) is 3.86. The molecule has 3 heteroatoms. The molecule has 0 aromatic heterocycles. The van der Waals surface area contributed by atoms with Crippen molar-refractivity contribution in [1.29, 1.82) is 5.41 Å². The Morgan fingerprint density at radius 1 is 1.32 bits per heavy atom. The van der Waals surface area contributed by atoms with Crippen molar-refractivity contribution in [3.05, 3.63) is 45.1 Å². The van der Waals surface area contributed by atoms with Gasteiger partial charge in [0.25, 0.3) is 0 Å². The fraction of sp³-hybridized carbons (Fsp3) is 0.438. The number of benzene rings is 1. The lowest BCUT2D eigenvalue weighted by atomic mass is 9.75. The first kappa shape index (κ1) is 14.3. The highest BCUT2D eigenvalue weighted by Crippen LogP contribution is 2.37. The van der Waals surface area contributed by atoms with E-state index in [0.717, 1.165) is 46.1 Å². The molecule has 2 nitrogen and oxygen atoms in total. The number of halogens is 1. The minimum Gasteiger partial charge on any atom is -0.402 e. The van der Waals surface area contributed by atoms with Crippen LogP contribution in [0.5, 0.6) is 0 Å². The van der Waals surface area contributed by atoms with Gasteiger partial charge in [-0.25, -0.2) is 0 Å². The Hall–Kier alpha value is -1.09. The van der Waals surface area contributed by atoms with Crippen LogP contribution in [0.4, 0.5) is 0 Å². The summed E-state index contributed by atoms with van der Waals surface area (Å²) in [6.45, 7) is 6.52. The molecule has 1 aliphatic rings. The molecular weight excluding hydrogens is 300 g/mol. The molecular formula is C16H21BrN2. The first-order chi connectivity index (χ1) is 8.78. The van der Waals surface area contributed by atoms with Crippen molar-refractivity contribution < 1.29 is 0 Å². The van der Waals surface area contributed by atoms with E-state index in [1.165, 1.54) is 0 Å². The van der Waals surface area contributed by atoms with Crippen molar-refractivity contribution in [3.8, 4) is 0 Å². The first-order valence-corrected chi connectivity index (χ1v) is 7.42.